The fourth-order valence-electron chi connectivity index (χ4n) is 4.07. The van der Waals surface area contributed by atoms with Crippen LogP contribution >= 0.6 is 23.1 Å². The number of benzene rings is 1. The quantitative estimate of drug-likeness (QED) is 0.307. The largest absolute Gasteiger partial charge is 0.424 e. The van der Waals surface area contributed by atoms with Crippen LogP contribution in [0, 0.1) is 13.8 Å². The number of thioether (sulfide) groups is 1. The van der Waals surface area contributed by atoms with Gasteiger partial charge in [-0.25, -0.2) is 4.98 Å². The molecule has 8 heteroatoms. The fraction of sp³-hybridized carbons (Fsp3) is 0.391. The molecule has 0 radical (unpaired) electrons. The van der Waals surface area contributed by atoms with Gasteiger partial charge in [-0.2, -0.15) is 0 Å². The number of hydrogen-bond acceptors (Lipinski definition) is 7. The van der Waals surface area contributed by atoms with Crippen molar-refractivity contribution in [3.8, 4) is 5.69 Å². The third kappa shape index (κ3) is 3.72. The van der Waals surface area contributed by atoms with E-state index in [2.05, 4.69) is 28.4 Å². The van der Waals surface area contributed by atoms with E-state index in [-0.39, 0.29) is 5.56 Å². The van der Waals surface area contributed by atoms with E-state index in [4.69, 9.17) is 9.40 Å². The Kier molecular flexibility index (Phi) is 5.44. The van der Waals surface area contributed by atoms with Gasteiger partial charge >= 0.3 is 0 Å². The van der Waals surface area contributed by atoms with Gasteiger partial charge in [0, 0.05) is 11.3 Å². The zero-order valence-electron chi connectivity index (χ0n) is 17.9. The van der Waals surface area contributed by atoms with Crippen LogP contribution in [0.25, 0.3) is 15.9 Å². The Morgan fingerprint density at radius 1 is 1.16 bits per heavy atom. The predicted octanol–water partition coefficient (Wildman–Crippen LogP) is 5.18. The lowest BCUT2D eigenvalue weighted by atomic mass is 9.97. The van der Waals surface area contributed by atoms with Crippen molar-refractivity contribution in [3.05, 3.63) is 61.9 Å². The molecule has 0 spiro atoms. The second-order valence-electron chi connectivity index (χ2n) is 7.95. The van der Waals surface area contributed by atoms with Crippen LogP contribution in [-0.2, 0) is 25.0 Å². The van der Waals surface area contributed by atoms with Crippen LogP contribution < -0.4 is 5.56 Å². The Morgan fingerprint density at radius 3 is 2.77 bits per heavy atom. The second-order valence-corrected chi connectivity index (χ2v) is 9.97. The van der Waals surface area contributed by atoms with E-state index in [1.807, 2.05) is 20.8 Å². The van der Waals surface area contributed by atoms with Gasteiger partial charge in [-0.05, 0) is 62.3 Å². The van der Waals surface area contributed by atoms with Crippen LogP contribution in [0.5, 0.6) is 0 Å². The van der Waals surface area contributed by atoms with Crippen molar-refractivity contribution < 1.29 is 4.42 Å². The van der Waals surface area contributed by atoms with E-state index >= 15 is 0 Å². The summed E-state index contributed by atoms with van der Waals surface area (Å²) in [7, 11) is 0. The number of rotatable bonds is 5. The van der Waals surface area contributed by atoms with E-state index in [9.17, 15) is 4.79 Å². The molecular weight excluding hydrogens is 428 g/mol. The molecule has 31 heavy (non-hydrogen) atoms. The molecule has 1 aromatic carbocycles. The summed E-state index contributed by atoms with van der Waals surface area (Å²) in [5.74, 6) is 1.65. The predicted molar refractivity (Wildman–Crippen MR) is 125 cm³/mol. The highest BCUT2D eigenvalue weighted by molar-refractivity contribution is 7.98. The summed E-state index contributed by atoms with van der Waals surface area (Å²) in [6.45, 7) is 6.06. The summed E-state index contributed by atoms with van der Waals surface area (Å²) in [5, 5.41) is 9.64. The molecule has 6 nitrogen and oxygen atoms in total. The maximum atomic E-state index is 13.9. The van der Waals surface area contributed by atoms with Crippen LogP contribution in [-0.4, -0.2) is 19.7 Å². The molecule has 0 amide bonds. The molecule has 0 fully saturated rings. The molecule has 0 N–H and O–H groups in total. The second kappa shape index (κ2) is 8.24. The summed E-state index contributed by atoms with van der Waals surface area (Å²) >= 11 is 3.15. The molecule has 1 aliphatic carbocycles. The van der Waals surface area contributed by atoms with Crippen LogP contribution in [0.4, 0.5) is 0 Å². The molecule has 5 rings (SSSR count). The van der Waals surface area contributed by atoms with Crippen LogP contribution in [0.2, 0.25) is 0 Å². The number of aryl methyl sites for hydroxylation is 5. The van der Waals surface area contributed by atoms with E-state index in [0.29, 0.717) is 29.1 Å². The van der Waals surface area contributed by atoms with Crippen LogP contribution in [0.3, 0.4) is 0 Å². The van der Waals surface area contributed by atoms with Crippen molar-refractivity contribution in [2.24, 2.45) is 0 Å². The molecule has 1 aliphatic rings. The monoisotopic (exact) mass is 452 g/mol. The van der Waals surface area contributed by atoms with Gasteiger partial charge in [0.05, 0.1) is 16.8 Å². The van der Waals surface area contributed by atoms with Gasteiger partial charge in [-0.3, -0.25) is 9.36 Å². The fourth-order valence-corrected chi connectivity index (χ4v) is 6.22. The SMILES string of the molecule is CCc1nnc(CSc2nc3sc4c(c3c(=O)n2-c2cc(C)ccc2C)CCCC4)o1. The van der Waals surface area contributed by atoms with Crippen molar-refractivity contribution in [1.82, 2.24) is 19.7 Å². The smallest absolute Gasteiger partial charge is 0.267 e. The van der Waals surface area contributed by atoms with Gasteiger partial charge in [0.1, 0.15) is 4.83 Å². The van der Waals surface area contributed by atoms with Crippen molar-refractivity contribution >= 4 is 33.3 Å². The summed E-state index contributed by atoms with van der Waals surface area (Å²) in [6.07, 6.45) is 5.03. The van der Waals surface area contributed by atoms with E-state index in [1.54, 1.807) is 15.9 Å². The van der Waals surface area contributed by atoms with Gasteiger partial charge in [-0.15, -0.1) is 21.5 Å². The Hall–Kier alpha value is -2.45. The van der Waals surface area contributed by atoms with Gasteiger partial charge < -0.3 is 4.42 Å². The normalized spacial score (nSPS) is 13.6. The van der Waals surface area contributed by atoms with Gasteiger partial charge in [-0.1, -0.05) is 30.8 Å². The van der Waals surface area contributed by atoms with Crippen LogP contribution in [0.15, 0.2) is 32.6 Å². The lowest BCUT2D eigenvalue weighted by Gasteiger charge is -2.15. The maximum absolute atomic E-state index is 13.9. The molecule has 3 aromatic heterocycles. The Balaban J connectivity index is 1.68. The zero-order chi connectivity index (χ0) is 21.5. The number of thiophene rings is 1. The average Bonchev–Trinajstić information content (AvgIpc) is 3.38. The summed E-state index contributed by atoms with van der Waals surface area (Å²) in [5.41, 5.74) is 4.29. The van der Waals surface area contributed by atoms with Crippen molar-refractivity contribution in [2.45, 2.75) is 63.8 Å². The van der Waals surface area contributed by atoms with Crippen molar-refractivity contribution in [2.75, 3.05) is 0 Å². The topological polar surface area (TPSA) is 73.8 Å². The molecule has 0 unspecified atom stereocenters. The number of hydrogen-bond donors (Lipinski definition) is 0. The first-order valence-corrected chi connectivity index (χ1v) is 12.4. The van der Waals surface area contributed by atoms with Crippen LogP contribution in [0.1, 0.15) is 53.1 Å². The van der Waals surface area contributed by atoms with Gasteiger partial charge in [0.2, 0.25) is 11.8 Å². The van der Waals surface area contributed by atoms with Crippen molar-refractivity contribution in [1.29, 1.82) is 0 Å². The first kappa shape index (κ1) is 20.5. The molecule has 0 aliphatic heterocycles. The lowest BCUT2D eigenvalue weighted by Crippen LogP contribution is -2.23. The van der Waals surface area contributed by atoms with Gasteiger partial charge in [0.25, 0.3) is 5.56 Å². The standard InChI is InChI=1S/C23H24N4O2S2/c1-4-18-25-26-19(29-18)12-30-23-24-21-20(15-7-5-6-8-17(15)31-21)22(28)27(23)16-11-13(2)9-10-14(16)3/h9-11H,4-8,12H2,1-3H3. The highest BCUT2D eigenvalue weighted by Crippen LogP contribution is 2.36. The summed E-state index contributed by atoms with van der Waals surface area (Å²) < 4.78 is 7.46. The zero-order valence-corrected chi connectivity index (χ0v) is 19.5. The highest BCUT2D eigenvalue weighted by Gasteiger charge is 2.23. The minimum atomic E-state index is 0.0281. The molecule has 0 saturated carbocycles. The molecule has 160 valence electrons. The third-order valence-corrected chi connectivity index (χ3v) is 7.81. The van der Waals surface area contributed by atoms with E-state index < -0.39 is 0 Å². The molecule has 0 atom stereocenters. The first-order valence-electron chi connectivity index (χ1n) is 10.6. The molecule has 0 saturated heterocycles. The molecule has 4 aromatic rings. The number of nitrogens with zero attached hydrogens (tertiary/aromatic N) is 4. The number of fused-ring (bicyclic) bond motifs is 3. The third-order valence-electron chi connectivity index (χ3n) is 5.70. The van der Waals surface area contributed by atoms with E-state index in [1.165, 1.54) is 28.6 Å². The van der Waals surface area contributed by atoms with Gasteiger partial charge in [0.15, 0.2) is 5.16 Å². The molecule has 0 bridgehead atoms. The lowest BCUT2D eigenvalue weighted by molar-refractivity contribution is 0.469. The Morgan fingerprint density at radius 2 is 1.97 bits per heavy atom. The average molecular weight is 453 g/mol. The minimum absolute atomic E-state index is 0.0281. The van der Waals surface area contributed by atoms with E-state index in [0.717, 1.165) is 46.3 Å². The maximum Gasteiger partial charge on any atom is 0.267 e. The Bertz CT molecular complexity index is 1340. The summed E-state index contributed by atoms with van der Waals surface area (Å²) in [4.78, 5) is 21.0. The summed E-state index contributed by atoms with van der Waals surface area (Å²) in [6, 6.07) is 6.19. The Labute approximate surface area is 188 Å². The minimum Gasteiger partial charge on any atom is -0.424 e. The van der Waals surface area contributed by atoms with Crippen molar-refractivity contribution in [3.63, 3.8) is 0 Å². The number of aromatic nitrogens is 4. The molecule has 3 heterocycles. The highest BCUT2D eigenvalue weighted by atomic mass is 32.2. The first-order chi connectivity index (χ1) is 15.0. The molecular formula is C23H24N4O2S2.